The van der Waals surface area contributed by atoms with Crippen LogP contribution in [-0.2, 0) is 31.1 Å². The Labute approximate surface area is 326 Å². The van der Waals surface area contributed by atoms with Gasteiger partial charge in [0.2, 0.25) is 0 Å². The normalized spacial score (nSPS) is 13.2. The molecule has 0 atom stereocenters. The minimum Gasteiger partial charge on any atom is -0.455 e. The Hall–Kier alpha value is -6.40. The lowest BCUT2D eigenvalue weighted by Crippen LogP contribution is -2.32. The molecular weight excluding hydrogens is 826 g/mol. The molecule has 2 N–H and O–H groups in total. The predicted molar refractivity (Wildman–Crippen MR) is 195 cm³/mol. The molecule has 0 spiro atoms. The molecule has 0 saturated carbocycles. The van der Waals surface area contributed by atoms with Gasteiger partial charge in [-0.15, -0.1) is 0 Å². The van der Waals surface area contributed by atoms with Crippen molar-refractivity contribution in [2.45, 2.75) is 37.4 Å². The highest BCUT2D eigenvalue weighted by Gasteiger charge is 2.39. The Morgan fingerprint density at radius 1 is 0.517 bits per heavy atom. The Morgan fingerprint density at radius 3 is 1.43 bits per heavy atom. The van der Waals surface area contributed by atoms with Crippen molar-refractivity contribution < 1.29 is 67.3 Å². The van der Waals surface area contributed by atoms with Crippen LogP contribution in [0.4, 0.5) is 52.7 Å². The second-order valence-corrected chi connectivity index (χ2v) is 13.9. The predicted octanol–water partition coefficient (Wildman–Crippen LogP) is 11.1. The minimum atomic E-state index is -5.35. The van der Waals surface area contributed by atoms with E-state index >= 15 is 0 Å². The fraction of sp³-hybridized carbons (Fsp3) is 0.143. The fourth-order valence-corrected chi connectivity index (χ4v) is 7.42. The van der Waals surface area contributed by atoms with Crippen LogP contribution in [0.2, 0.25) is 0 Å². The number of aliphatic hydroxyl groups excluding tert-OH is 1. The summed E-state index contributed by atoms with van der Waals surface area (Å²) in [6.07, 6.45) is -23.5. The van der Waals surface area contributed by atoms with E-state index in [0.717, 1.165) is 12.1 Å². The van der Waals surface area contributed by atoms with E-state index in [9.17, 15) is 72.5 Å². The number of para-hydroxylation sites is 1. The highest BCUT2D eigenvalue weighted by atomic mass is 19.4. The molecule has 0 radical (unpaired) electrons. The van der Waals surface area contributed by atoms with Crippen molar-refractivity contribution in [1.82, 2.24) is 4.57 Å². The van der Waals surface area contributed by atoms with Gasteiger partial charge in [-0.05, 0) is 89.0 Å². The number of benzene rings is 6. The lowest BCUT2D eigenvalue weighted by atomic mass is 9.86. The molecule has 308 valence electrons. The maximum Gasteiger partial charge on any atom is 0.416 e. The summed E-state index contributed by atoms with van der Waals surface area (Å²) < 4.78 is 177. The van der Waals surface area contributed by atoms with Gasteiger partial charge in [0.1, 0.15) is 11.2 Å². The molecule has 0 aliphatic heterocycles. The number of alkyl halides is 12. The Morgan fingerprint density at radius 2 is 0.967 bits per heavy atom. The molecule has 8 rings (SSSR count). The van der Waals surface area contributed by atoms with E-state index in [4.69, 9.17) is 4.42 Å². The summed E-state index contributed by atoms with van der Waals surface area (Å²) >= 11 is 0. The fourth-order valence-electron chi connectivity index (χ4n) is 7.42. The van der Waals surface area contributed by atoms with Gasteiger partial charge in [-0.25, -0.2) is 4.57 Å². The molecule has 0 unspecified atom stereocenters. The van der Waals surface area contributed by atoms with Crippen molar-refractivity contribution in [1.29, 1.82) is 0 Å². The largest absolute Gasteiger partial charge is 0.455 e. The van der Waals surface area contributed by atoms with Crippen LogP contribution in [0, 0.1) is 0 Å². The van der Waals surface area contributed by atoms with Crippen molar-refractivity contribution in [2.75, 3.05) is 0 Å². The van der Waals surface area contributed by atoms with Gasteiger partial charge >= 0.3 is 24.7 Å². The van der Waals surface area contributed by atoms with Crippen LogP contribution < -0.4 is 11.1 Å². The van der Waals surface area contributed by atoms with Crippen LogP contribution in [0.5, 0.6) is 0 Å². The number of aromatic nitrogens is 1. The summed E-state index contributed by atoms with van der Waals surface area (Å²) in [6.45, 7) is 0. The van der Waals surface area contributed by atoms with Crippen LogP contribution >= 0.6 is 0 Å². The first kappa shape index (κ1) is 40.4. The van der Waals surface area contributed by atoms with Crippen molar-refractivity contribution >= 4 is 43.5 Å². The zero-order chi connectivity index (χ0) is 43.4. The molecule has 2 aromatic heterocycles. The quantitative estimate of drug-likeness (QED) is 0.0779. The molecule has 0 fully saturated rings. The Bertz CT molecular complexity index is 3040. The number of nitrogens with zero attached hydrogens (tertiary/aromatic N) is 1. The Kier molecular flexibility index (Phi) is 9.13. The topological polar surface area (TPSA) is 92.7 Å². The van der Waals surface area contributed by atoms with Gasteiger partial charge in [-0.1, -0.05) is 30.3 Å². The third-order valence-corrected chi connectivity index (χ3v) is 10.0. The highest BCUT2D eigenvalue weighted by molar-refractivity contribution is 6.32. The molecular formula is C42H21F12NO5. The van der Waals surface area contributed by atoms with Crippen LogP contribution in [0.1, 0.15) is 27.8 Å². The number of aliphatic hydroxyl groups is 2. The van der Waals surface area contributed by atoms with Crippen LogP contribution in [0.15, 0.2) is 111 Å². The maximum atomic E-state index is 14.5. The third-order valence-electron chi connectivity index (χ3n) is 10.0. The SMILES string of the molecule is O=c1c2cc(-c3cc(C(F)(F)F)cc(C(F)(F)F)c3)c3oc4ccccc4c4c(-c5cc(C(F)(F)F)cc(C(F)(F)F)c5)cc(c(=O)n1-c1ccc(CC(O)O)cc1)c2c34. The van der Waals surface area contributed by atoms with Gasteiger partial charge in [0, 0.05) is 44.3 Å². The second kappa shape index (κ2) is 13.6. The molecule has 60 heavy (non-hydrogen) atoms. The van der Waals surface area contributed by atoms with E-state index in [1.165, 1.54) is 48.5 Å². The van der Waals surface area contributed by atoms with E-state index in [2.05, 4.69) is 0 Å². The van der Waals surface area contributed by atoms with Crippen LogP contribution in [0.3, 0.4) is 0 Å². The summed E-state index contributed by atoms with van der Waals surface area (Å²) in [5.41, 5.74) is -12.6. The van der Waals surface area contributed by atoms with Crippen molar-refractivity contribution in [2.24, 2.45) is 0 Å². The molecule has 2 heterocycles. The van der Waals surface area contributed by atoms with Crippen molar-refractivity contribution in [3.63, 3.8) is 0 Å². The van der Waals surface area contributed by atoms with Gasteiger partial charge in [-0.2, -0.15) is 52.7 Å². The molecule has 0 bridgehead atoms. The number of fused-ring (bicyclic) bond motifs is 2. The van der Waals surface area contributed by atoms with Gasteiger partial charge in [0.05, 0.1) is 27.9 Å². The number of rotatable bonds is 5. The van der Waals surface area contributed by atoms with Gasteiger partial charge in [-0.3, -0.25) is 9.59 Å². The number of pyridine rings is 1. The zero-order valence-electron chi connectivity index (χ0n) is 29.6. The van der Waals surface area contributed by atoms with Crippen molar-refractivity contribution in [3.8, 4) is 27.9 Å². The first-order valence-electron chi connectivity index (χ1n) is 17.3. The lowest BCUT2D eigenvalue weighted by Gasteiger charge is -2.21. The smallest absolute Gasteiger partial charge is 0.416 e. The molecule has 0 amide bonds. The van der Waals surface area contributed by atoms with Gasteiger partial charge in [0.25, 0.3) is 11.1 Å². The van der Waals surface area contributed by atoms with Crippen LogP contribution in [-0.4, -0.2) is 21.1 Å². The average molecular weight is 848 g/mol. The standard InChI is InChI=1S/C42H21F12NO5/c43-39(44,45)21-10-19(11-22(14-21)40(46,47)48)27-16-29-34-30(38(59)55(37(29)58)25-7-5-18(6-8-25)9-32(56)57)17-28(36-35(34)33(27)26-3-1-2-4-31(26)60-36)20-12-23(41(49,50)51)15-24(13-20)42(52,53)54/h1-8,10-17,32,56-57H,9H2. The first-order valence-corrected chi connectivity index (χ1v) is 17.3. The van der Waals surface area contributed by atoms with E-state index in [0.29, 0.717) is 34.4 Å². The second-order valence-electron chi connectivity index (χ2n) is 13.9. The molecule has 18 heteroatoms. The summed E-state index contributed by atoms with van der Waals surface area (Å²) in [7, 11) is 0. The number of hydrogen-bond acceptors (Lipinski definition) is 5. The Balaban J connectivity index is 1.63. The number of hydrogen-bond donors (Lipinski definition) is 2. The minimum absolute atomic E-state index is 0.0235. The molecule has 0 aliphatic carbocycles. The summed E-state index contributed by atoms with van der Waals surface area (Å²) in [5, 5.41) is 16.8. The monoisotopic (exact) mass is 847 g/mol. The van der Waals surface area contributed by atoms with Crippen molar-refractivity contribution in [3.05, 3.63) is 146 Å². The molecule has 6 nitrogen and oxygen atoms in total. The molecule has 0 aliphatic rings. The average Bonchev–Trinajstić information content (AvgIpc) is 3.16. The molecule has 0 saturated heterocycles. The first-order chi connectivity index (χ1) is 27.9. The highest BCUT2D eigenvalue weighted by Crippen LogP contribution is 2.49. The van der Waals surface area contributed by atoms with E-state index in [-0.39, 0.29) is 51.4 Å². The third kappa shape index (κ3) is 6.88. The zero-order valence-corrected chi connectivity index (χ0v) is 29.6. The summed E-state index contributed by atoms with van der Waals surface area (Å²) in [4.78, 5) is 29.1. The molecule has 6 aromatic carbocycles. The van der Waals surface area contributed by atoms with Gasteiger partial charge < -0.3 is 14.6 Å². The molecule has 8 aromatic rings. The maximum absolute atomic E-state index is 14.5. The summed E-state index contributed by atoms with van der Waals surface area (Å²) in [5.74, 6) is 0. The van der Waals surface area contributed by atoms with E-state index in [1.807, 2.05) is 0 Å². The van der Waals surface area contributed by atoms with Gasteiger partial charge in [0.15, 0.2) is 6.29 Å². The van der Waals surface area contributed by atoms with Crippen LogP contribution in [0.25, 0.3) is 71.4 Å². The number of halogens is 12. The van der Waals surface area contributed by atoms with E-state index < -0.39 is 103 Å². The van der Waals surface area contributed by atoms with E-state index in [1.54, 1.807) is 0 Å². The lowest BCUT2D eigenvalue weighted by molar-refractivity contribution is -0.144. The summed E-state index contributed by atoms with van der Waals surface area (Å²) in [6, 6.07) is 13.5.